The number of rotatable bonds is 13. The lowest BCUT2D eigenvalue weighted by molar-refractivity contribution is -0.116. The van der Waals surface area contributed by atoms with Gasteiger partial charge in [0.2, 0.25) is 31.9 Å². The number of carbonyl (C=O) groups is 2. The fourth-order valence-corrected chi connectivity index (χ4v) is 7.16. The molecule has 13 nitrogen and oxygen atoms in total. The molecule has 6 N–H and O–H groups in total. The Kier molecular flexibility index (Phi) is 15.2. The monoisotopic (exact) mass is 907 g/mol. The maximum Gasteiger partial charge on any atom is 0.263 e. The van der Waals surface area contributed by atoms with E-state index >= 15 is 0 Å². The minimum atomic E-state index is -4.25. The van der Waals surface area contributed by atoms with E-state index in [1.807, 2.05) is 6.07 Å². The Hall–Kier alpha value is -6.39. The van der Waals surface area contributed by atoms with Crippen LogP contribution in [0.15, 0.2) is 143 Å². The molecule has 0 aliphatic carbocycles. The average Bonchev–Trinajstić information content (AvgIpc) is 3.20. The Labute approximate surface area is 359 Å². The van der Waals surface area contributed by atoms with Gasteiger partial charge in [-0.05, 0) is 96.1 Å². The first-order chi connectivity index (χ1) is 28.9. The van der Waals surface area contributed by atoms with Crippen LogP contribution in [0.3, 0.4) is 0 Å². The quantitative estimate of drug-likeness (QED) is 0.0869. The third-order valence-electron chi connectivity index (χ3n) is 8.23. The number of carbonyl (C=O) groups excluding carboxylic acids is 2. The molecule has 0 fully saturated rings. The number of alkyl halides is 2. The lowest BCUT2D eigenvalue weighted by atomic mass is 10.1. The van der Waals surface area contributed by atoms with E-state index in [1.54, 1.807) is 48.5 Å². The van der Waals surface area contributed by atoms with Crippen molar-refractivity contribution in [2.75, 3.05) is 10.6 Å². The highest BCUT2D eigenvalue weighted by Gasteiger charge is 2.20. The number of anilines is 2. The van der Waals surface area contributed by atoms with Gasteiger partial charge in [0.15, 0.2) is 0 Å². The van der Waals surface area contributed by atoms with E-state index in [0.717, 1.165) is 12.1 Å². The summed E-state index contributed by atoms with van der Waals surface area (Å²) in [5.74, 6) is -0.632. The van der Waals surface area contributed by atoms with Crippen molar-refractivity contribution in [3.8, 4) is 29.1 Å². The average molecular weight is 909 g/mol. The molecule has 0 aliphatic rings. The number of sulfonamides is 2. The van der Waals surface area contributed by atoms with E-state index in [1.165, 1.54) is 72.8 Å². The Balaban J connectivity index is 0.000000231. The molecule has 61 heavy (non-hydrogen) atoms. The summed E-state index contributed by atoms with van der Waals surface area (Å²) in [5.41, 5.74) is 1.80. The molecule has 0 radical (unpaired) electrons. The topological polar surface area (TPSA) is 221 Å². The largest absolute Gasteiger partial charge is 0.456 e. The number of nitriles is 1. The Morgan fingerprint density at radius 2 is 1.08 bits per heavy atom. The molecule has 0 spiro atoms. The first-order valence-corrected chi connectivity index (χ1v) is 21.4. The fourth-order valence-electron chi connectivity index (χ4n) is 5.39. The number of primary sulfonamides is 2. The van der Waals surface area contributed by atoms with Gasteiger partial charge in [-0.25, -0.2) is 35.9 Å². The van der Waals surface area contributed by atoms with E-state index in [0.29, 0.717) is 32.5 Å². The van der Waals surface area contributed by atoms with E-state index < -0.39 is 37.3 Å². The summed E-state index contributed by atoms with van der Waals surface area (Å²) in [6, 6.07) is 34.9. The van der Waals surface area contributed by atoms with Gasteiger partial charge in [-0.15, -0.1) is 0 Å². The third kappa shape index (κ3) is 13.3. The van der Waals surface area contributed by atoms with Gasteiger partial charge in [-0.1, -0.05) is 71.7 Å². The first kappa shape index (κ1) is 45.7. The summed E-state index contributed by atoms with van der Waals surface area (Å²) in [6.45, 7) is 0. The number of halogens is 4. The van der Waals surface area contributed by atoms with Gasteiger partial charge >= 0.3 is 0 Å². The van der Waals surface area contributed by atoms with Crippen LogP contribution in [0.4, 0.5) is 20.2 Å². The number of nitrogens with one attached hydrogen (secondary N) is 2. The molecule has 6 rings (SSSR count). The van der Waals surface area contributed by atoms with Crippen LogP contribution in [0.5, 0.6) is 23.0 Å². The molecule has 6 aromatic rings. The predicted octanol–water partition coefficient (Wildman–Crippen LogP) is 8.73. The van der Waals surface area contributed by atoms with Gasteiger partial charge in [0.25, 0.3) is 6.43 Å². The van der Waals surface area contributed by atoms with Crippen LogP contribution in [0.25, 0.3) is 0 Å². The van der Waals surface area contributed by atoms with Gasteiger partial charge in [0.1, 0.15) is 32.8 Å². The van der Waals surface area contributed by atoms with Gasteiger partial charge < -0.3 is 20.1 Å². The molecule has 0 heterocycles. The summed E-state index contributed by atoms with van der Waals surface area (Å²) in [6.07, 6.45) is -2.71. The molecular weight excluding hydrogens is 876 g/mol. The molecule has 314 valence electrons. The molecular formula is C42H33Cl2F2N5O8S2. The molecule has 0 saturated heterocycles. The number of hydrogen-bond donors (Lipinski definition) is 4. The predicted molar refractivity (Wildman–Crippen MR) is 226 cm³/mol. The maximum absolute atomic E-state index is 12.9. The second kappa shape index (κ2) is 20.2. The zero-order valence-corrected chi connectivity index (χ0v) is 34.5. The van der Waals surface area contributed by atoms with Crippen LogP contribution in [-0.2, 0) is 42.5 Å². The van der Waals surface area contributed by atoms with Crippen molar-refractivity contribution in [1.29, 1.82) is 5.26 Å². The number of nitrogens with zero attached hydrogens (tertiary/aromatic N) is 1. The van der Waals surface area contributed by atoms with E-state index in [9.17, 15) is 35.2 Å². The Bertz CT molecular complexity index is 2840. The standard InChI is InChI=1S/C21H17ClF2N2O4S.C21H16ClN3O4S/c22-17-7-2-1-4-13(17)11-20(27)26-15-8-9-18(19(12-15)31(25,28)29)30-16-6-3-5-14(10-16)21(23)24;22-18-4-2-1-3-15(18)11-21(26)25-16-7-10-19(20(12-16)30(24,27)28)29-17-8-5-14(13-23)6-9-17/h1-10,12,21H,11H2,(H,26,27)(H2,25,28,29);1-10,12H,11H2,(H,25,26)(H2,24,27,28). The molecule has 0 bridgehead atoms. The summed E-state index contributed by atoms with van der Waals surface area (Å²) in [7, 11) is -8.39. The Morgan fingerprint density at radius 1 is 0.623 bits per heavy atom. The van der Waals surface area contributed by atoms with Crippen LogP contribution < -0.4 is 30.4 Å². The number of hydrogen-bond acceptors (Lipinski definition) is 9. The van der Waals surface area contributed by atoms with Gasteiger partial charge in [0, 0.05) is 27.0 Å². The van der Waals surface area contributed by atoms with Crippen molar-refractivity contribution in [3.05, 3.63) is 166 Å². The summed E-state index contributed by atoms with van der Waals surface area (Å²) in [5, 5.41) is 25.5. The number of nitrogens with two attached hydrogens (primary N) is 2. The third-order valence-corrected chi connectivity index (χ3v) is 10.8. The normalized spacial score (nSPS) is 11.1. The van der Waals surface area contributed by atoms with Crippen LogP contribution in [-0.4, -0.2) is 28.6 Å². The zero-order valence-electron chi connectivity index (χ0n) is 31.4. The smallest absolute Gasteiger partial charge is 0.263 e. The second-order valence-corrected chi connectivity index (χ2v) is 16.6. The fraction of sp³-hybridized carbons (Fsp3) is 0.0714. The Morgan fingerprint density at radius 3 is 1.51 bits per heavy atom. The van der Waals surface area contributed by atoms with Crippen molar-refractivity contribution in [2.24, 2.45) is 10.3 Å². The molecule has 0 aromatic heterocycles. The molecule has 0 aliphatic heterocycles. The van der Waals surface area contributed by atoms with E-state index in [-0.39, 0.29) is 57.8 Å². The summed E-state index contributed by atoms with van der Waals surface area (Å²) in [4.78, 5) is 23.9. The highest BCUT2D eigenvalue weighted by atomic mass is 35.5. The minimum absolute atomic E-state index is 0.00805. The van der Waals surface area contributed by atoms with Gasteiger partial charge in [-0.2, -0.15) is 5.26 Å². The van der Waals surface area contributed by atoms with Crippen molar-refractivity contribution in [2.45, 2.75) is 29.1 Å². The van der Waals surface area contributed by atoms with Crippen LogP contribution in [0, 0.1) is 11.3 Å². The molecule has 0 unspecified atom stereocenters. The molecule has 2 amide bonds. The van der Waals surface area contributed by atoms with Gasteiger partial charge in [0.05, 0.1) is 24.5 Å². The van der Waals surface area contributed by atoms with Crippen molar-refractivity contribution in [1.82, 2.24) is 0 Å². The maximum atomic E-state index is 12.9. The lowest BCUT2D eigenvalue weighted by Gasteiger charge is -2.13. The number of benzene rings is 6. The molecule has 6 aromatic carbocycles. The van der Waals surface area contributed by atoms with E-state index in [2.05, 4.69) is 10.6 Å². The lowest BCUT2D eigenvalue weighted by Crippen LogP contribution is -2.17. The van der Waals surface area contributed by atoms with Crippen molar-refractivity contribution in [3.63, 3.8) is 0 Å². The van der Waals surface area contributed by atoms with Crippen molar-refractivity contribution >= 4 is 66.4 Å². The highest BCUT2D eigenvalue weighted by molar-refractivity contribution is 7.89. The highest BCUT2D eigenvalue weighted by Crippen LogP contribution is 2.34. The number of ether oxygens (including phenoxy) is 2. The van der Waals surface area contributed by atoms with Gasteiger partial charge in [-0.3, -0.25) is 9.59 Å². The SMILES string of the molecule is N#Cc1ccc(Oc2ccc(NC(=O)Cc3ccccc3Cl)cc2S(N)(=O)=O)cc1.NS(=O)(=O)c1cc(NC(=O)Cc2ccccc2Cl)ccc1Oc1cccc(C(F)F)c1. The van der Waals surface area contributed by atoms with E-state index in [4.69, 9.17) is 48.2 Å². The van der Waals surface area contributed by atoms with Crippen LogP contribution in [0.2, 0.25) is 10.0 Å². The molecule has 19 heteroatoms. The number of amides is 2. The second-order valence-electron chi connectivity index (χ2n) is 12.8. The summed E-state index contributed by atoms with van der Waals surface area (Å²) < 4.78 is 85.0. The molecule has 0 saturated carbocycles. The summed E-state index contributed by atoms with van der Waals surface area (Å²) >= 11 is 12.1. The van der Waals surface area contributed by atoms with Crippen LogP contribution >= 0.6 is 23.2 Å². The van der Waals surface area contributed by atoms with Crippen molar-refractivity contribution < 1.29 is 44.7 Å². The zero-order chi connectivity index (χ0) is 44.3. The minimum Gasteiger partial charge on any atom is -0.456 e. The van der Waals surface area contributed by atoms with Crippen LogP contribution in [0.1, 0.15) is 28.7 Å². The molecule has 0 atom stereocenters. The first-order valence-electron chi connectivity index (χ1n) is 17.5.